The van der Waals surface area contributed by atoms with Crippen LogP contribution < -0.4 is 4.72 Å². The van der Waals surface area contributed by atoms with Gasteiger partial charge in [-0.15, -0.1) is 0 Å². The molecule has 1 aliphatic heterocycles. The zero-order valence-corrected chi connectivity index (χ0v) is 16.6. The second-order valence-electron chi connectivity index (χ2n) is 7.46. The first-order valence-corrected chi connectivity index (χ1v) is 11.2. The normalized spacial score (nSPS) is 18.4. The van der Waals surface area contributed by atoms with E-state index in [2.05, 4.69) is 14.6 Å². The summed E-state index contributed by atoms with van der Waals surface area (Å²) in [6.07, 6.45) is 5.77. The van der Waals surface area contributed by atoms with E-state index in [4.69, 9.17) is 0 Å². The quantitative estimate of drug-likeness (QED) is 0.695. The number of fused-ring (bicyclic) bond motifs is 1. The standard InChI is InChI=1S/C22H25N3O2S/c26-28(27,22-8-7-20-5-1-2-6-21(20)14-22)24-15-19-4-3-13-25(17-19)16-18-9-11-23-12-10-18/h1-2,5-12,14,19,24H,3-4,13,15-17H2. The summed E-state index contributed by atoms with van der Waals surface area (Å²) in [5.74, 6) is 0.325. The van der Waals surface area contributed by atoms with E-state index in [0.29, 0.717) is 17.4 Å². The lowest BCUT2D eigenvalue weighted by Crippen LogP contribution is -2.40. The molecule has 1 fully saturated rings. The fourth-order valence-electron chi connectivity index (χ4n) is 3.85. The Bertz CT molecular complexity index is 1040. The number of likely N-dealkylation sites (tertiary alicyclic amines) is 1. The molecule has 2 aromatic carbocycles. The van der Waals surface area contributed by atoms with Crippen LogP contribution in [0.1, 0.15) is 18.4 Å². The minimum atomic E-state index is -3.50. The van der Waals surface area contributed by atoms with Crippen molar-refractivity contribution in [2.75, 3.05) is 19.6 Å². The van der Waals surface area contributed by atoms with Crippen LogP contribution in [0.3, 0.4) is 0 Å². The second kappa shape index (κ2) is 8.39. The molecule has 1 atom stereocenters. The molecular weight excluding hydrogens is 370 g/mol. The number of piperidine rings is 1. The van der Waals surface area contributed by atoms with Gasteiger partial charge in [-0.05, 0) is 65.9 Å². The predicted molar refractivity (Wildman–Crippen MR) is 111 cm³/mol. The van der Waals surface area contributed by atoms with Crippen LogP contribution in [0.2, 0.25) is 0 Å². The van der Waals surface area contributed by atoms with Gasteiger partial charge in [-0.1, -0.05) is 30.3 Å². The molecule has 1 N–H and O–H groups in total. The molecule has 2 heterocycles. The minimum absolute atomic E-state index is 0.325. The van der Waals surface area contributed by atoms with Gasteiger partial charge in [0.25, 0.3) is 0 Å². The third kappa shape index (κ3) is 4.58. The molecule has 28 heavy (non-hydrogen) atoms. The zero-order valence-electron chi connectivity index (χ0n) is 15.8. The van der Waals surface area contributed by atoms with E-state index in [1.54, 1.807) is 12.1 Å². The molecule has 1 aliphatic rings. The molecule has 0 bridgehead atoms. The Morgan fingerprint density at radius 1 is 1.04 bits per heavy atom. The van der Waals surface area contributed by atoms with Crippen molar-refractivity contribution in [2.24, 2.45) is 5.92 Å². The molecule has 6 heteroatoms. The Morgan fingerprint density at radius 2 is 1.82 bits per heavy atom. The number of benzene rings is 2. The summed E-state index contributed by atoms with van der Waals surface area (Å²) >= 11 is 0. The first-order valence-electron chi connectivity index (χ1n) is 9.70. The van der Waals surface area contributed by atoms with E-state index in [0.717, 1.165) is 43.2 Å². The Hall–Kier alpha value is -2.28. The fraction of sp³-hybridized carbons (Fsp3) is 0.318. The summed E-state index contributed by atoms with van der Waals surface area (Å²) < 4.78 is 28.3. The Kier molecular flexibility index (Phi) is 5.71. The Morgan fingerprint density at radius 3 is 2.64 bits per heavy atom. The topological polar surface area (TPSA) is 62.3 Å². The number of nitrogens with one attached hydrogen (secondary N) is 1. The van der Waals surface area contributed by atoms with E-state index in [1.807, 2.05) is 54.9 Å². The van der Waals surface area contributed by atoms with Gasteiger partial charge in [0, 0.05) is 32.0 Å². The fourth-order valence-corrected chi connectivity index (χ4v) is 5.00. The number of nitrogens with zero attached hydrogens (tertiary/aromatic N) is 2. The largest absolute Gasteiger partial charge is 0.299 e. The van der Waals surface area contributed by atoms with E-state index in [-0.39, 0.29) is 0 Å². The van der Waals surface area contributed by atoms with Crippen LogP contribution in [0.15, 0.2) is 71.9 Å². The lowest BCUT2D eigenvalue weighted by atomic mass is 9.98. The predicted octanol–water partition coefficient (Wildman–Crippen LogP) is 3.43. The summed E-state index contributed by atoms with van der Waals surface area (Å²) in [5.41, 5.74) is 1.24. The van der Waals surface area contributed by atoms with E-state index in [1.165, 1.54) is 5.56 Å². The number of hydrogen-bond donors (Lipinski definition) is 1. The lowest BCUT2D eigenvalue weighted by molar-refractivity contribution is 0.169. The first kappa shape index (κ1) is 19.1. The monoisotopic (exact) mass is 395 g/mol. The van der Waals surface area contributed by atoms with Crippen molar-refractivity contribution in [3.8, 4) is 0 Å². The number of pyridine rings is 1. The van der Waals surface area contributed by atoms with Crippen molar-refractivity contribution in [3.05, 3.63) is 72.6 Å². The van der Waals surface area contributed by atoms with Gasteiger partial charge in [0.2, 0.25) is 10.0 Å². The summed E-state index contributed by atoms with van der Waals surface area (Å²) in [6, 6.07) is 17.2. The van der Waals surface area contributed by atoms with Crippen molar-refractivity contribution < 1.29 is 8.42 Å². The molecule has 0 radical (unpaired) electrons. The van der Waals surface area contributed by atoms with E-state index < -0.39 is 10.0 Å². The smallest absolute Gasteiger partial charge is 0.240 e. The highest BCUT2D eigenvalue weighted by molar-refractivity contribution is 7.89. The number of rotatable bonds is 6. The highest BCUT2D eigenvalue weighted by atomic mass is 32.2. The Balaban J connectivity index is 1.38. The molecule has 1 aromatic heterocycles. The minimum Gasteiger partial charge on any atom is -0.299 e. The van der Waals surface area contributed by atoms with Crippen LogP contribution in [0.5, 0.6) is 0 Å². The summed E-state index contributed by atoms with van der Waals surface area (Å²) in [5, 5.41) is 1.98. The van der Waals surface area contributed by atoms with Gasteiger partial charge in [-0.25, -0.2) is 13.1 Å². The van der Waals surface area contributed by atoms with Crippen LogP contribution >= 0.6 is 0 Å². The van der Waals surface area contributed by atoms with Gasteiger partial charge in [0.05, 0.1) is 4.90 Å². The van der Waals surface area contributed by atoms with Gasteiger partial charge in [0.1, 0.15) is 0 Å². The van der Waals surface area contributed by atoms with Crippen molar-refractivity contribution in [1.29, 1.82) is 0 Å². The van der Waals surface area contributed by atoms with Crippen molar-refractivity contribution >= 4 is 20.8 Å². The van der Waals surface area contributed by atoms with Gasteiger partial charge in [-0.3, -0.25) is 9.88 Å². The summed E-state index contributed by atoms with van der Waals surface area (Å²) in [7, 11) is -3.50. The zero-order chi connectivity index (χ0) is 19.4. The van der Waals surface area contributed by atoms with Crippen LogP contribution in [0, 0.1) is 5.92 Å². The molecule has 3 aromatic rings. The lowest BCUT2D eigenvalue weighted by Gasteiger charge is -2.32. The van der Waals surface area contributed by atoms with Crippen molar-refractivity contribution in [3.63, 3.8) is 0 Å². The van der Waals surface area contributed by atoms with Gasteiger partial charge in [-0.2, -0.15) is 0 Å². The number of sulfonamides is 1. The van der Waals surface area contributed by atoms with E-state index in [9.17, 15) is 8.42 Å². The molecule has 1 saturated heterocycles. The molecule has 0 spiro atoms. The number of aromatic nitrogens is 1. The maximum atomic E-state index is 12.8. The van der Waals surface area contributed by atoms with Crippen molar-refractivity contribution in [1.82, 2.24) is 14.6 Å². The number of hydrogen-bond acceptors (Lipinski definition) is 4. The molecule has 146 valence electrons. The van der Waals surface area contributed by atoms with Gasteiger partial charge < -0.3 is 0 Å². The van der Waals surface area contributed by atoms with Gasteiger partial charge >= 0.3 is 0 Å². The van der Waals surface area contributed by atoms with Crippen molar-refractivity contribution in [2.45, 2.75) is 24.3 Å². The summed E-state index contributed by atoms with van der Waals surface area (Å²) in [6.45, 7) is 3.32. The van der Waals surface area contributed by atoms with Gasteiger partial charge in [0.15, 0.2) is 0 Å². The second-order valence-corrected chi connectivity index (χ2v) is 9.23. The maximum Gasteiger partial charge on any atom is 0.240 e. The third-order valence-electron chi connectivity index (χ3n) is 5.35. The highest BCUT2D eigenvalue weighted by Crippen LogP contribution is 2.21. The molecule has 0 aliphatic carbocycles. The third-order valence-corrected chi connectivity index (χ3v) is 6.77. The average Bonchev–Trinajstić information content (AvgIpc) is 2.73. The molecular formula is C22H25N3O2S. The first-order chi connectivity index (χ1) is 13.6. The summed E-state index contributed by atoms with van der Waals surface area (Å²) in [4.78, 5) is 6.79. The SMILES string of the molecule is O=S(=O)(NCC1CCCN(Cc2ccncc2)C1)c1ccc2ccccc2c1. The van der Waals surface area contributed by atoms with Crippen LogP contribution in [-0.4, -0.2) is 37.9 Å². The molecule has 4 rings (SSSR count). The molecule has 0 amide bonds. The van der Waals surface area contributed by atoms with Crippen LogP contribution in [-0.2, 0) is 16.6 Å². The Labute approximate surface area is 166 Å². The maximum absolute atomic E-state index is 12.8. The molecule has 5 nitrogen and oxygen atoms in total. The molecule has 0 saturated carbocycles. The van der Waals surface area contributed by atoms with Crippen LogP contribution in [0.25, 0.3) is 10.8 Å². The molecule has 1 unspecified atom stereocenters. The average molecular weight is 396 g/mol. The highest BCUT2D eigenvalue weighted by Gasteiger charge is 2.22. The van der Waals surface area contributed by atoms with Crippen LogP contribution in [0.4, 0.5) is 0 Å². The van der Waals surface area contributed by atoms with E-state index >= 15 is 0 Å².